The molecule has 5 rings (SSSR count). The highest BCUT2D eigenvalue weighted by Crippen LogP contribution is 2.67. The summed E-state index contributed by atoms with van der Waals surface area (Å²) < 4.78 is 6.08. The minimum atomic E-state index is -0.934. The number of furan rings is 1. The Morgan fingerprint density at radius 3 is 2.63 bits per heavy atom. The molecule has 0 radical (unpaired) electrons. The van der Waals surface area contributed by atoms with Crippen LogP contribution in [0.5, 0.6) is 0 Å². The van der Waals surface area contributed by atoms with E-state index in [0.717, 1.165) is 44.3 Å². The maximum atomic E-state index is 12.5. The van der Waals surface area contributed by atoms with Crippen molar-refractivity contribution >= 4 is 5.78 Å². The van der Waals surface area contributed by atoms with Crippen LogP contribution in [0.15, 0.2) is 10.5 Å². The first-order valence-corrected chi connectivity index (χ1v) is 12.0. The summed E-state index contributed by atoms with van der Waals surface area (Å²) in [5, 5.41) is 11.2. The molecular formula is C27H36O3. The molecule has 7 atom stereocenters. The standard InChI is InChI=1S/C27H36O3/c1-6-27(29)12-10-21-19-8-7-18-14-22-17(13-23(30-22)24(28)16(2)3)15-25(18,4)20(19)9-11-26(21,27)5/h1,13,16,18-21,29H,7-12,14-15H2,2-5H3/t18-,19+,20-,21-,25-,26-,27-/m0/s1. The van der Waals surface area contributed by atoms with Gasteiger partial charge in [-0.2, -0.15) is 0 Å². The number of fused-ring (bicyclic) bond motifs is 6. The molecule has 0 amide bonds. The Hall–Kier alpha value is -1.53. The zero-order valence-corrected chi connectivity index (χ0v) is 19.0. The summed E-state index contributed by atoms with van der Waals surface area (Å²) in [6.45, 7) is 8.63. The summed E-state index contributed by atoms with van der Waals surface area (Å²) in [7, 11) is 0. The van der Waals surface area contributed by atoms with Crippen LogP contribution in [0.1, 0.15) is 88.1 Å². The lowest BCUT2D eigenvalue weighted by atomic mass is 9.44. The molecular weight excluding hydrogens is 372 g/mol. The van der Waals surface area contributed by atoms with Crippen molar-refractivity contribution in [3.8, 4) is 12.3 Å². The van der Waals surface area contributed by atoms with Crippen molar-refractivity contribution in [2.45, 2.75) is 84.7 Å². The normalized spacial score (nSPS) is 44.6. The molecule has 30 heavy (non-hydrogen) atoms. The highest BCUT2D eigenvalue weighted by molar-refractivity contribution is 5.95. The zero-order chi connectivity index (χ0) is 21.5. The summed E-state index contributed by atoms with van der Waals surface area (Å²) in [4.78, 5) is 12.5. The molecule has 1 N–H and O–H groups in total. The molecule has 3 nitrogen and oxygen atoms in total. The van der Waals surface area contributed by atoms with Crippen LogP contribution in [-0.2, 0) is 12.8 Å². The number of aliphatic hydroxyl groups is 1. The first-order chi connectivity index (χ1) is 14.1. The maximum absolute atomic E-state index is 12.5. The molecule has 4 aliphatic rings. The molecule has 0 spiro atoms. The van der Waals surface area contributed by atoms with Crippen molar-refractivity contribution in [2.75, 3.05) is 0 Å². The predicted molar refractivity (Wildman–Crippen MR) is 117 cm³/mol. The van der Waals surface area contributed by atoms with Gasteiger partial charge in [-0.15, -0.1) is 6.42 Å². The van der Waals surface area contributed by atoms with Gasteiger partial charge in [0, 0.05) is 17.8 Å². The topological polar surface area (TPSA) is 50.4 Å². The van der Waals surface area contributed by atoms with Gasteiger partial charge in [-0.25, -0.2) is 0 Å². The molecule has 3 saturated carbocycles. The number of Topliss-reactive ketones (excluding diaryl/α,β-unsaturated/α-hetero) is 1. The minimum Gasteiger partial charge on any atom is -0.458 e. The number of rotatable bonds is 2. The Labute approximate surface area is 181 Å². The summed E-state index contributed by atoms with van der Waals surface area (Å²) in [6.07, 6.45) is 14.2. The lowest BCUT2D eigenvalue weighted by Gasteiger charge is -2.60. The predicted octanol–water partition coefficient (Wildman–Crippen LogP) is 5.44. The van der Waals surface area contributed by atoms with E-state index in [1.807, 2.05) is 19.9 Å². The SMILES string of the molecule is C#C[C@]1(O)CC[C@H]2[C@@H]3CC[C@H]4Cc5oc(C(=O)C(C)C)cc5C[C@]4(C)[C@H]3CC[C@@]21C. The Bertz CT molecular complexity index is 919. The van der Waals surface area contributed by atoms with Gasteiger partial charge < -0.3 is 9.52 Å². The number of hydrogen-bond donors (Lipinski definition) is 1. The van der Waals surface area contributed by atoms with Crippen molar-refractivity contribution in [3.05, 3.63) is 23.2 Å². The fourth-order valence-electron chi connectivity index (χ4n) is 8.23. The first kappa shape index (κ1) is 20.4. The second kappa shape index (κ2) is 6.49. The second-order valence-corrected chi connectivity index (χ2v) is 11.6. The zero-order valence-electron chi connectivity index (χ0n) is 19.0. The third-order valence-electron chi connectivity index (χ3n) is 10.1. The summed E-state index contributed by atoms with van der Waals surface area (Å²) in [5.74, 6) is 6.95. The molecule has 0 aliphatic heterocycles. The molecule has 4 aliphatic carbocycles. The molecule has 1 aromatic heterocycles. The fraction of sp³-hybridized carbons (Fsp3) is 0.741. The second-order valence-electron chi connectivity index (χ2n) is 11.6. The van der Waals surface area contributed by atoms with Gasteiger partial charge >= 0.3 is 0 Å². The Balaban J connectivity index is 1.46. The highest BCUT2D eigenvalue weighted by atomic mass is 16.3. The van der Waals surface area contributed by atoms with Crippen molar-refractivity contribution < 1.29 is 14.3 Å². The van der Waals surface area contributed by atoms with E-state index < -0.39 is 5.60 Å². The van der Waals surface area contributed by atoms with Gasteiger partial charge in [-0.3, -0.25) is 4.79 Å². The van der Waals surface area contributed by atoms with Crippen LogP contribution in [-0.4, -0.2) is 16.5 Å². The van der Waals surface area contributed by atoms with E-state index >= 15 is 0 Å². The van der Waals surface area contributed by atoms with Crippen LogP contribution in [0.2, 0.25) is 0 Å². The van der Waals surface area contributed by atoms with Gasteiger partial charge in [0.2, 0.25) is 5.78 Å². The van der Waals surface area contributed by atoms with Crippen LogP contribution in [0, 0.1) is 52.8 Å². The Kier molecular flexibility index (Phi) is 4.41. The van der Waals surface area contributed by atoms with E-state index in [-0.39, 0.29) is 22.5 Å². The molecule has 162 valence electrons. The average Bonchev–Trinajstić information content (AvgIpc) is 3.23. The summed E-state index contributed by atoms with van der Waals surface area (Å²) >= 11 is 0. The van der Waals surface area contributed by atoms with Crippen LogP contribution in [0.25, 0.3) is 0 Å². The van der Waals surface area contributed by atoms with Gasteiger partial charge in [-0.05, 0) is 85.7 Å². The Morgan fingerprint density at radius 1 is 1.20 bits per heavy atom. The molecule has 0 saturated heterocycles. The third kappa shape index (κ3) is 2.52. The first-order valence-electron chi connectivity index (χ1n) is 12.0. The van der Waals surface area contributed by atoms with Gasteiger partial charge in [0.15, 0.2) is 5.76 Å². The largest absolute Gasteiger partial charge is 0.458 e. The monoisotopic (exact) mass is 408 g/mol. The lowest BCUT2D eigenvalue weighted by Crippen LogP contribution is -2.56. The van der Waals surface area contributed by atoms with Crippen LogP contribution in [0.4, 0.5) is 0 Å². The van der Waals surface area contributed by atoms with Crippen molar-refractivity contribution in [3.63, 3.8) is 0 Å². The number of ketones is 1. The van der Waals surface area contributed by atoms with Crippen LogP contribution >= 0.6 is 0 Å². The van der Waals surface area contributed by atoms with E-state index in [1.165, 1.54) is 18.4 Å². The fourth-order valence-corrected chi connectivity index (χ4v) is 8.23. The maximum Gasteiger partial charge on any atom is 0.200 e. The van der Waals surface area contributed by atoms with Crippen LogP contribution < -0.4 is 0 Å². The van der Waals surface area contributed by atoms with Gasteiger partial charge in [0.05, 0.1) is 0 Å². The third-order valence-corrected chi connectivity index (χ3v) is 10.1. The number of carbonyl (C=O) groups excluding carboxylic acids is 1. The van der Waals surface area contributed by atoms with E-state index in [4.69, 9.17) is 10.8 Å². The summed E-state index contributed by atoms with van der Waals surface area (Å²) in [6, 6.07) is 2.04. The average molecular weight is 409 g/mol. The Morgan fingerprint density at radius 2 is 1.93 bits per heavy atom. The van der Waals surface area contributed by atoms with Crippen molar-refractivity contribution in [2.24, 2.45) is 40.4 Å². The quantitative estimate of drug-likeness (QED) is 0.524. The highest BCUT2D eigenvalue weighted by Gasteiger charge is 2.64. The lowest BCUT2D eigenvalue weighted by molar-refractivity contribution is -0.128. The van der Waals surface area contributed by atoms with Gasteiger partial charge in [0.25, 0.3) is 0 Å². The van der Waals surface area contributed by atoms with E-state index in [2.05, 4.69) is 19.8 Å². The van der Waals surface area contributed by atoms with Crippen molar-refractivity contribution in [1.29, 1.82) is 0 Å². The minimum absolute atomic E-state index is 0.0341. The number of hydrogen-bond acceptors (Lipinski definition) is 3. The summed E-state index contributed by atoms with van der Waals surface area (Å²) in [5.41, 5.74) is 0.434. The van der Waals surface area contributed by atoms with E-state index in [0.29, 0.717) is 29.4 Å². The molecule has 3 heteroatoms. The van der Waals surface area contributed by atoms with Gasteiger partial charge in [0.1, 0.15) is 11.4 Å². The van der Waals surface area contributed by atoms with Crippen molar-refractivity contribution in [1.82, 2.24) is 0 Å². The van der Waals surface area contributed by atoms with E-state index in [9.17, 15) is 9.90 Å². The van der Waals surface area contributed by atoms with Gasteiger partial charge in [-0.1, -0.05) is 33.6 Å². The molecule has 0 unspecified atom stereocenters. The molecule has 0 bridgehead atoms. The molecule has 3 fully saturated rings. The van der Waals surface area contributed by atoms with Crippen LogP contribution in [0.3, 0.4) is 0 Å². The molecule has 1 heterocycles. The number of carbonyl (C=O) groups is 1. The molecule has 1 aromatic rings. The number of terminal acetylenes is 1. The smallest absolute Gasteiger partial charge is 0.200 e. The molecule has 0 aromatic carbocycles. The van der Waals surface area contributed by atoms with E-state index in [1.54, 1.807) is 0 Å².